The van der Waals surface area contributed by atoms with Crippen molar-refractivity contribution in [1.82, 2.24) is 10.4 Å². The highest BCUT2D eigenvalue weighted by atomic mass is 79.9. The number of fused-ring (bicyclic) bond motifs is 1. The van der Waals surface area contributed by atoms with Crippen LogP contribution in [-0.4, -0.2) is 37.0 Å². The van der Waals surface area contributed by atoms with Gasteiger partial charge in [-0.1, -0.05) is 15.9 Å². The average Bonchev–Trinajstić information content (AvgIpc) is 3.02. The van der Waals surface area contributed by atoms with Crippen LogP contribution in [0.15, 0.2) is 34.0 Å². The number of benzene rings is 1. The number of nitrogens with zero attached hydrogens (tertiary/aromatic N) is 1. The summed E-state index contributed by atoms with van der Waals surface area (Å²) in [6.45, 7) is 0. The molecule has 6 nitrogen and oxygen atoms in total. The van der Waals surface area contributed by atoms with Gasteiger partial charge in [-0.15, -0.1) is 0 Å². The fraction of sp³-hybridized carbons (Fsp3) is 0.286. The second-order valence-corrected chi connectivity index (χ2v) is 8.41. The number of halogens is 1. The van der Waals surface area contributed by atoms with Gasteiger partial charge in [0, 0.05) is 27.1 Å². The minimum absolute atomic E-state index is 0.0747. The Morgan fingerprint density at radius 2 is 2.27 bits per heavy atom. The molecule has 1 aliphatic rings. The average molecular weight is 384 g/mol. The van der Waals surface area contributed by atoms with Gasteiger partial charge in [0.1, 0.15) is 0 Å². The number of amides is 1. The summed E-state index contributed by atoms with van der Waals surface area (Å²) in [5, 5.41) is 4.91. The first-order chi connectivity index (χ1) is 10.4. The maximum atomic E-state index is 11.9. The summed E-state index contributed by atoms with van der Waals surface area (Å²) >= 11 is 3.41. The largest absolute Gasteiger partial charge is 0.361 e. The van der Waals surface area contributed by atoms with Gasteiger partial charge >= 0.3 is 0 Å². The summed E-state index contributed by atoms with van der Waals surface area (Å²) in [7, 11) is -3.07. The lowest BCUT2D eigenvalue weighted by Crippen LogP contribution is -2.27. The van der Waals surface area contributed by atoms with E-state index in [4.69, 9.17) is 0 Å². The molecule has 1 aliphatic heterocycles. The number of hydrogen-bond donors (Lipinski definition) is 2. The quantitative estimate of drug-likeness (QED) is 0.625. The molecule has 3 rings (SSSR count). The number of sulfone groups is 1. The standard InChI is InChI=1S/C14H14BrN3O3S/c15-11-1-2-13-12(5-11)10(6-16-13)7-17-18-14(19)9-3-4-22(20,21)8-9/h1-2,5-7,9,16H,3-4,8H2,(H,18,19)/b17-7+/t9-/m0/s1. The zero-order valence-electron chi connectivity index (χ0n) is 11.5. The van der Waals surface area contributed by atoms with E-state index in [1.54, 1.807) is 12.4 Å². The molecule has 2 heterocycles. The number of aromatic nitrogens is 1. The third-order valence-corrected chi connectivity index (χ3v) is 5.92. The highest BCUT2D eigenvalue weighted by molar-refractivity contribution is 9.10. The van der Waals surface area contributed by atoms with Crippen LogP contribution in [0.3, 0.4) is 0 Å². The first-order valence-electron chi connectivity index (χ1n) is 6.74. The Hall–Kier alpha value is -1.67. The van der Waals surface area contributed by atoms with Crippen LogP contribution >= 0.6 is 15.9 Å². The van der Waals surface area contributed by atoms with Gasteiger partial charge in [-0.05, 0) is 24.6 Å². The Balaban J connectivity index is 1.69. The number of hydrazone groups is 1. The van der Waals surface area contributed by atoms with Crippen molar-refractivity contribution in [3.63, 3.8) is 0 Å². The van der Waals surface area contributed by atoms with Gasteiger partial charge in [-0.25, -0.2) is 13.8 Å². The summed E-state index contributed by atoms with van der Waals surface area (Å²) in [4.78, 5) is 15.0. The van der Waals surface area contributed by atoms with E-state index in [2.05, 4.69) is 31.4 Å². The molecule has 0 saturated carbocycles. The molecule has 22 heavy (non-hydrogen) atoms. The Morgan fingerprint density at radius 3 is 3.00 bits per heavy atom. The lowest BCUT2D eigenvalue weighted by atomic mass is 10.1. The highest BCUT2D eigenvalue weighted by Gasteiger charge is 2.32. The van der Waals surface area contributed by atoms with Crippen molar-refractivity contribution >= 4 is 48.8 Å². The van der Waals surface area contributed by atoms with Gasteiger partial charge in [0.2, 0.25) is 5.91 Å². The Kier molecular flexibility index (Phi) is 4.05. The fourth-order valence-corrected chi connectivity index (χ4v) is 4.58. The molecule has 1 amide bonds. The fourth-order valence-electron chi connectivity index (χ4n) is 2.48. The molecule has 0 radical (unpaired) electrons. The number of carbonyl (C=O) groups is 1. The summed E-state index contributed by atoms with van der Waals surface area (Å²) in [5.41, 5.74) is 4.23. The molecule has 0 spiro atoms. The van der Waals surface area contributed by atoms with E-state index in [1.165, 1.54) is 0 Å². The molecule has 0 aliphatic carbocycles. The van der Waals surface area contributed by atoms with E-state index in [1.807, 2.05) is 18.2 Å². The second kappa shape index (κ2) is 5.85. The lowest BCUT2D eigenvalue weighted by Gasteiger charge is -2.04. The first kappa shape index (κ1) is 15.2. The summed E-state index contributed by atoms with van der Waals surface area (Å²) < 4.78 is 23.7. The Labute approximate surface area is 136 Å². The van der Waals surface area contributed by atoms with Crippen LogP contribution in [0.4, 0.5) is 0 Å². The molecule has 8 heteroatoms. The smallest absolute Gasteiger partial charge is 0.244 e. The molecule has 116 valence electrons. The van der Waals surface area contributed by atoms with Gasteiger partial charge in [0.05, 0.1) is 23.6 Å². The number of rotatable bonds is 3. The van der Waals surface area contributed by atoms with Crippen LogP contribution < -0.4 is 5.43 Å². The van der Waals surface area contributed by atoms with Crippen LogP contribution in [0.2, 0.25) is 0 Å². The number of carbonyl (C=O) groups excluding carboxylic acids is 1. The highest BCUT2D eigenvalue weighted by Crippen LogP contribution is 2.21. The molecule has 1 aromatic heterocycles. The Bertz CT molecular complexity index is 857. The molecule has 1 fully saturated rings. The summed E-state index contributed by atoms with van der Waals surface area (Å²) in [5.74, 6) is -0.864. The first-order valence-corrected chi connectivity index (χ1v) is 9.36. The minimum Gasteiger partial charge on any atom is -0.361 e. The normalized spacial score (nSPS) is 20.7. The summed E-state index contributed by atoms with van der Waals surface area (Å²) in [6, 6.07) is 5.83. The zero-order valence-corrected chi connectivity index (χ0v) is 13.9. The van der Waals surface area contributed by atoms with Crippen LogP contribution in [0, 0.1) is 5.92 Å². The van der Waals surface area contributed by atoms with Crippen molar-refractivity contribution in [1.29, 1.82) is 0 Å². The van der Waals surface area contributed by atoms with E-state index >= 15 is 0 Å². The van der Waals surface area contributed by atoms with Crippen LogP contribution in [0.5, 0.6) is 0 Å². The molecule has 1 atom stereocenters. The van der Waals surface area contributed by atoms with Gasteiger partial charge < -0.3 is 4.98 Å². The van der Waals surface area contributed by atoms with Crippen LogP contribution in [0.25, 0.3) is 10.9 Å². The minimum atomic E-state index is -3.07. The predicted molar refractivity (Wildman–Crippen MR) is 88.5 cm³/mol. The molecule has 0 bridgehead atoms. The lowest BCUT2D eigenvalue weighted by molar-refractivity contribution is -0.124. The maximum absolute atomic E-state index is 11.9. The summed E-state index contributed by atoms with van der Waals surface area (Å²) in [6.07, 6.45) is 3.71. The van der Waals surface area contributed by atoms with Gasteiger partial charge in [0.15, 0.2) is 9.84 Å². The number of hydrogen-bond acceptors (Lipinski definition) is 4. The van der Waals surface area contributed by atoms with E-state index in [0.29, 0.717) is 6.42 Å². The Morgan fingerprint density at radius 1 is 1.45 bits per heavy atom. The van der Waals surface area contributed by atoms with E-state index < -0.39 is 15.8 Å². The predicted octanol–water partition coefficient (Wildman–Crippen LogP) is 1.82. The molecule has 1 saturated heterocycles. The van der Waals surface area contributed by atoms with E-state index in [0.717, 1.165) is 20.9 Å². The van der Waals surface area contributed by atoms with E-state index in [-0.39, 0.29) is 17.4 Å². The molecule has 0 unspecified atom stereocenters. The second-order valence-electron chi connectivity index (χ2n) is 5.27. The zero-order chi connectivity index (χ0) is 15.7. The van der Waals surface area contributed by atoms with Crippen LogP contribution in [-0.2, 0) is 14.6 Å². The molecule has 2 aromatic rings. The number of aromatic amines is 1. The maximum Gasteiger partial charge on any atom is 0.244 e. The van der Waals surface area contributed by atoms with Crippen molar-refractivity contribution in [2.24, 2.45) is 11.0 Å². The van der Waals surface area contributed by atoms with Gasteiger partial charge in [-0.3, -0.25) is 4.79 Å². The number of H-pyrrole nitrogens is 1. The van der Waals surface area contributed by atoms with Crippen LogP contribution in [0.1, 0.15) is 12.0 Å². The topological polar surface area (TPSA) is 91.4 Å². The third-order valence-electron chi connectivity index (χ3n) is 3.66. The van der Waals surface area contributed by atoms with Gasteiger partial charge in [-0.2, -0.15) is 5.10 Å². The van der Waals surface area contributed by atoms with Crippen molar-refractivity contribution in [3.05, 3.63) is 34.4 Å². The van der Waals surface area contributed by atoms with Crippen molar-refractivity contribution in [2.75, 3.05) is 11.5 Å². The molecular formula is C14H14BrN3O3S. The molecule has 2 N–H and O–H groups in total. The van der Waals surface area contributed by atoms with Crippen molar-refractivity contribution in [2.45, 2.75) is 6.42 Å². The molecular weight excluding hydrogens is 370 g/mol. The van der Waals surface area contributed by atoms with Crippen molar-refractivity contribution < 1.29 is 13.2 Å². The SMILES string of the molecule is O=C(N/N=C/c1c[nH]c2ccc(Br)cc12)[C@H]1CCS(=O)(=O)C1. The van der Waals surface area contributed by atoms with Gasteiger partial charge in [0.25, 0.3) is 0 Å². The number of nitrogens with one attached hydrogen (secondary N) is 2. The van der Waals surface area contributed by atoms with E-state index in [9.17, 15) is 13.2 Å². The van der Waals surface area contributed by atoms with Crippen molar-refractivity contribution in [3.8, 4) is 0 Å². The third kappa shape index (κ3) is 3.22. The monoisotopic (exact) mass is 383 g/mol. The molecule has 1 aromatic carbocycles.